The Balaban J connectivity index is 1.51. The van der Waals surface area contributed by atoms with Crippen LogP contribution in [0.25, 0.3) is 27.6 Å². The molecule has 9 nitrogen and oxygen atoms in total. The van der Waals surface area contributed by atoms with Crippen LogP contribution in [0.15, 0.2) is 86.5 Å². The molecule has 46 heavy (non-hydrogen) atoms. The number of nitriles is 1. The normalized spacial score (nSPS) is 16.9. The van der Waals surface area contributed by atoms with E-state index in [9.17, 15) is 23.6 Å². The second kappa shape index (κ2) is 13.5. The first-order chi connectivity index (χ1) is 22.0. The number of unbranched alkanes of at least 4 members (excludes halogenated alkanes) is 1. The van der Waals surface area contributed by atoms with E-state index in [4.69, 9.17) is 27.3 Å². The van der Waals surface area contributed by atoms with Crippen molar-refractivity contribution in [3.8, 4) is 23.1 Å². The fraction of sp³-hybridized carbons (Fsp3) is 0.229. The summed E-state index contributed by atoms with van der Waals surface area (Å²) in [6, 6.07) is 15.8. The third-order valence-electron chi connectivity index (χ3n) is 7.64. The van der Waals surface area contributed by atoms with Crippen molar-refractivity contribution in [3.63, 3.8) is 0 Å². The quantitative estimate of drug-likeness (QED) is 0.174. The lowest BCUT2D eigenvalue weighted by Crippen LogP contribution is -2.16. The van der Waals surface area contributed by atoms with Gasteiger partial charge in [0, 0.05) is 21.9 Å². The molecule has 2 N–H and O–H groups in total. The largest absolute Gasteiger partial charge is 0.489 e. The first-order valence-corrected chi connectivity index (χ1v) is 16.7. The van der Waals surface area contributed by atoms with Crippen molar-refractivity contribution in [1.29, 1.82) is 5.26 Å². The lowest BCUT2D eigenvalue weighted by Gasteiger charge is -2.18. The summed E-state index contributed by atoms with van der Waals surface area (Å²) >= 11 is 6.91. The Kier molecular flexibility index (Phi) is 9.52. The number of allylic oxidation sites excluding steroid dienone is 5. The summed E-state index contributed by atoms with van der Waals surface area (Å²) in [7, 11) is -3.51. The molecule has 0 atom stereocenters. The Hall–Kier alpha value is -5.03. The van der Waals surface area contributed by atoms with E-state index >= 15 is 0 Å². The van der Waals surface area contributed by atoms with Crippen LogP contribution in [0.4, 0.5) is 11.4 Å². The van der Waals surface area contributed by atoms with Crippen LogP contribution in [-0.4, -0.2) is 25.2 Å². The van der Waals surface area contributed by atoms with Gasteiger partial charge in [-0.15, -0.1) is 0 Å². The molecule has 0 saturated heterocycles. The van der Waals surface area contributed by atoms with Gasteiger partial charge in [0.25, 0.3) is 11.6 Å². The van der Waals surface area contributed by atoms with Gasteiger partial charge in [0.05, 0.1) is 12.3 Å². The number of aromatic hydroxyl groups is 1. The number of carbonyl (C=O) groups excluding carboxylic acids is 1. The summed E-state index contributed by atoms with van der Waals surface area (Å²) in [5.74, 6) is -0.826. The number of nitrogens with zero attached hydrogens (tertiary/aromatic N) is 2. The van der Waals surface area contributed by atoms with Crippen LogP contribution in [0.1, 0.15) is 55.9 Å². The Morgan fingerprint density at radius 1 is 1.11 bits per heavy atom. The summed E-state index contributed by atoms with van der Waals surface area (Å²) in [4.78, 5) is 16.2. The number of rotatable bonds is 9. The summed E-state index contributed by atoms with van der Waals surface area (Å²) in [5, 5.41) is 20.6. The van der Waals surface area contributed by atoms with Crippen molar-refractivity contribution in [1.82, 2.24) is 0 Å². The molecule has 3 aromatic rings. The topological polar surface area (TPSA) is 134 Å². The molecule has 11 heteroatoms. The van der Waals surface area contributed by atoms with E-state index in [1.165, 1.54) is 0 Å². The van der Waals surface area contributed by atoms with Gasteiger partial charge in [-0.2, -0.15) is 5.26 Å². The van der Waals surface area contributed by atoms with Crippen LogP contribution in [0.2, 0.25) is 0 Å². The zero-order valence-electron chi connectivity index (χ0n) is 25.2. The van der Waals surface area contributed by atoms with E-state index in [1.807, 2.05) is 44.2 Å². The van der Waals surface area contributed by atoms with Crippen LogP contribution in [0.5, 0.6) is 5.95 Å². The maximum atomic E-state index is 12.7. The number of furan rings is 1. The molecule has 234 valence electrons. The lowest BCUT2D eigenvalue weighted by atomic mass is 9.91. The molecule has 0 unspecified atom stereocenters. The van der Waals surface area contributed by atoms with E-state index < -0.39 is 21.9 Å². The number of cyclic esters (lactones) is 1. The molecule has 2 heterocycles. The predicted octanol–water partition coefficient (Wildman–Crippen LogP) is 8.53. The minimum Gasteiger partial charge on any atom is -0.489 e. The minimum absolute atomic E-state index is 0.00501. The molecule has 0 bridgehead atoms. The van der Waals surface area contributed by atoms with Gasteiger partial charge >= 0.3 is 5.97 Å². The second-order valence-corrected chi connectivity index (χ2v) is 13.2. The van der Waals surface area contributed by atoms with Crippen molar-refractivity contribution in [2.75, 3.05) is 10.5 Å². The number of ether oxygens (including phenoxy) is 1. The molecule has 0 spiro atoms. The summed E-state index contributed by atoms with van der Waals surface area (Å²) in [5.41, 5.74) is 4.54. The Morgan fingerprint density at radius 2 is 1.80 bits per heavy atom. The highest BCUT2D eigenvalue weighted by Crippen LogP contribution is 2.46. The number of anilines is 1. The lowest BCUT2D eigenvalue weighted by molar-refractivity contribution is -0.132. The molecule has 0 fully saturated rings. The predicted molar refractivity (Wildman–Crippen MR) is 177 cm³/mol. The van der Waals surface area contributed by atoms with Crippen LogP contribution >= 0.6 is 11.6 Å². The van der Waals surface area contributed by atoms with Crippen LogP contribution in [0, 0.1) is 24.8 Å². The number of hydrogen-bond donors (Lipinski definition) is 2. The number of benzene rings is 2. The highest BCUT2D eigenvalue weighted by Gasteiger charge is 2.32. The van der Waals surface area contributed by atoms with Crippen molar-refractivity contribution >= 4 is 50.6 Å². The maximum Gasteiger partial charge on any atom is 0.355 e. The average Bonchev–Trinajstić information content (AvgIpc) is 3.52. The molecule has 1 aliphatic heterocycles. The van der Waals surface area contributed by atoms with Gasteiger partial charge in [-0.1, -0.05) is 66.9 Å². The molecular formula is C35H30ClN3O6S. The van der Waals surface area contributed by atoms with Gasteiger partial charge in [0.15, 0.2) is 0 Å². The standard InChI is InChI=1S/C35H30ClN3O6S/c1-4-5-17-46(42,43)39-26-15-13-22(14-16-26)30-27(20-37)34(40)44-28(30)18-24-7-6-8-25(32(24)36)19-29-31(33(38-3)35(41)45-29)23-11-9-21(2)10-12-23/h9-16,18-19,39,41H,4-8,17H2,1-2H3. The maximum absolute atomic E-state index is 12.7. The summed E-state index contributed by atoms with van der Waals surface area (Å²) in [6.45, 7) is 11.5. The molecule has 0 amide bonds. The molecule has 5 rings (SSSR count). The average molecular weight is 656 g/mol. The van der Waals surface area contributed by atoms with Gasteiger partial charge in [-0.05, 0) is 79.2 Å². The van der Waals surface area contributed by atoms with Gasteiger partial charge in [-0.25, -0.2) is 18.1 Å². The molecule has 2 aliphatic rings. The minimum atomic E-state index is -3.51. The number of nitrogens with one attached hydrogen (secondary N) is 1. The van der Waals surface area contributed by atoms with E-state index in [0.29, 0.717) is 70.0 Å². The van der Waals surface area contributed by atoms with Gasteiger partial charge in [0.2, 0.25) is 10.0 Å². The molecule has 1 aromatic heterocycles. The number of esters is 1. The highest BCUT2D eigenvalue weighted by molar-refractivity contribution is 7.92. The number of aryl methyl sites for hydroxylation is 1. The number of carbonyl (C=O) groups is 1. The van der Waals surface area contributed by atoms with Crippen LogP contribution in [-0.2, 0) is 19.6 Å². The van der Waals surface area contributed by atoms with Crippen LogP contribution in [0.3, 0.4) is 0 Å². The third kappa shape index (κ3) is 6.79. The number of halogens is 1. The first-order valence-electron chi connectivity index (χ1n) is 14.6. The molecule has 1 aliphatic carbocycles. The van der Waals surface area contributed by atoms with Gasteiger partial charge in [0.1, 0.15) is 23.2 Å². The van der Waals surface area contributed by atoms with Crippen molar-refractivity contribution in [2.45, 2.75) is 46.0 Å². The highest BCUT2D eigenvalue weighted by atomic mass is 35.5. The third-order valence-corrected chi connectivity index (χ3v) is 9.50. The smallest absolute Gasteiger partial charge is 0.355 e. The molecule has 0 saturated carbocycles. The Morgan fingerprint density at radius 3 is 2.46 bits per heavy atom. The van der Waals surface area contributed by atoms with Gasteiger partial charge in [-0.3, -0.25) is 4.72 Å². The summed E-state index contributed by atoms with van der Waals surface area (Å²) in [6.07, 6.45) is 6.49. The van der Waals surface area contributed by atoms with Crippen molar-refractivity contribution in [2.24, 2.45) is 0 Å². The molecule has 2 aromatic carbocycles. The van der Waals surface area contributed by atoms with E-state index in [2.05, 4.69) is 9.57 Å². The fourth-order valence-corrected chi connectivity index (χ4v) is 6.87. The SMILES string of the molecule is [C-]#[N+]c1c(O)oc(C=C2CCCC(C=C3OC(=O)C(C#N)=C3c3ccc(NS(=O)(=O)CCCC)cc3)=C2Cl)c1-c1ccc(C)cc1. The second-order valence-electron chi connectivity index (χ2n) is 10.9. The zero-order chi connectivity index (χ0) is 33.0. The Labute approximate surface area is 272 Å². The molecular weight excluding hydrogens is 626 g/mol. The van der Waals surface area contributed by atoms with Crippen molar-refractivity contribution in [3.05, 3.63) is 110 Å². The van der Waals surface area contributed by atoms with Crippen LogP contribution < -0.4 is 4.72 Å². The van der Waals surface area contributed by atoms with E-state index in [0.717, 1.165) is 12.0 Å². The monoisotopic (exact) mass is 655 g/mol. The van der Waals surface area contributed by atoms with Gasteiger partial charge < -0.3 is 14.3 Å². The first kappa shape index (κ1) is 32.4. The number of sulfonamides is 1. The van der Waals surface area contributed by atoms with Crippen molar-refractivity contribution < 1.29 is 27.5 Å². The molecule has 0 radical (unpaired) electrons. The zero-order valence-corrected chi connectivity index (χ0v) is 26.8. The fourth-order valence-electron chi connectivity index (χ4n) is 5.30. The summed E-state index contributed by atoms with van der Waals surface area (Å²) < 4.78 is 38.4. The Bertz CT molecular complexity index is 2020. The van der Waals surface area contributed by atoms with E-state index in [1.54, 1.807) is 36.4 Å². The van der Waals surface area contributed by atoms with E-state index in [-0.39, 0.29) is 28.3 Å². The number of hydrogen-bond acceptors (Lipinski definition) is 7.